The molecule has 0 unspecified atom stereocenters. The normalized spacial score (nSPS) is 11.1. The predicted octanol–water partition coefficient (Wildman–Crippen LogP) is 4.57. The van der Waals surface area contributed by atoms with Crippen molar-refractivity contribution in [3.63, 3.8) is 0 Å². The van der Waals surface area contributed by atoms with Crippen LogP contribution in [0.25, 0.3) is 16.7 Å². The van der Waals surface area contributed by atoms with Gasteiger partial charge in [0.05, 0.1) is 16.7 Å². The summed E-state index contributed by atoms with van der Waals surface area (Å²) in [6.07, 6.45) is 0. The summed E-state index contributed by atoms with van der Waals surface area (Å²) in [5.41, 5.74) is 8.28. The van der Waals surface area contributed by atoms with E-state index in [0.717, 1.165) is 16.7 Å². The van der Waals surface area contributed by atoms with Crippen molar-refractivity contribution < 1.29 is 0 Å². The molecule has 6 heteroatoms. The lowest BCUT2D eigenvalue weighted by atomic mass is 10.3. The second-order valence-corrected chi connectivity index (χ2v) is 5.38. The lowest BCUT2D eigenvalue weighted by Gasteiger charge is -2.08. The second-order valence-electron chi connectivity index (χ2n) is 4.07. The molecule has 96 valence electrons. The zero-order valence-electron chi connectivity index (χ0n) is 9.57. The highest BCUT2D eigenvalue weighted by Gasteiger charge is 2.11. The van der Waals surface area contributed by atoms with Crippen LogP contribution in [0.2, 0.25) is 15.1 Å². The maximum Gasteiger partial charge on any atom is 0.205 e. The van der Waals surface area contributed by atoms with Crippen molar-refractivity contribution in [1.29, 1.82) is 0 Å². The Bertz CT molecular complexity index is 760. The summed E-state index contributed by atoms with van der Waals surface area (Å²) >= 11 is 18.0. The van der Waals surface area contributed by atoms with Gasteiger partial charge in [-0.05, 0) is 36.4 Å². The average Bonchev–Trinajstić information content (AvgIpc) is 2.63. The van der Waals surface area contributed by atoms with Crippen LogP contribution in [0.5, 0.6) is 0 Å². The number of nitrogen functional groups attached to an aromatic ring is 1. The largest absolute Gasteiger partial charge is 0.369 e. The Labute approximate surface area is 124 Å². The number of hydrogen-bond donors (Lipinski definition) is 1. The number of anilines is 1. The third-order valence-electron chi connectivity index (χ3n) is 2.75. The molecule has 0 aliphatic rings. The highest BCUT2D eigenvalue weighted by Crippen LogP contribution is 2.29. The molecular weight excluding hydrogens is 305 g/mol. The second kappa shape index (κ2) is 4.60. The average molecular weight is 313 g/mol. The molecule has 19 heavy (non-hydrogen) atoms. The Hall–Kier alpha value is -1.42. The SMILES string of the molecule is Nc1nc2ccc(Cl)cc2n1-c1cc(Cl)cc(Cl)c1. The van der Waals surface area contributed by atoms with E-state index in [9.17, 15) is 0 Å². The smallest absolute Gasteiger partial charge is 0.205 e. The maximum absolute atomic E-state index is 6.02. The number of imidazole rings is 1. The first kappa shape index (κ1) is 12.6. The molecular formula is C13H8Cl3N3. The van der Waals surface area contributed by atoms with Gasteiger partial charge in [0.15, 0.2) is 0 Å². The fraction of sp³-hybridized carbons (Fsp3) is 0. The van der Waals surface area contributed by atoms with Gasteiger partial charge in [-0.3, -0.25) is 4.57 Å². The molecule has 2 N–H and O–H groups in total. The molecule has 0 aliphatic carbocycles. The van der Waals surface area contributed by atoms with E-state index >= 15 is 0 Å². The van der Waals surface area contributed by atoms with Gasteiger partial charge in [-0.1, -0.05) is 34.8 Å². The van der Waals surface area contributed by atoms with E-state index in [1.54, 1.807) is 34.9 Å². The summed E-state index contributed by atoms with van der Waals surface area (Å²) in [6, 6.07) is 10.6. The number of hydrogen-bond acceptors (Lipinski definition) is 2. The molecule has 0 atom stereocenters. The lowest BCUT2D eigenvalue weighted by molar-refractivity contribution is 1.11. The van der Waals surface area contributed by atoms with Gasteiger partial charge in [-0.25, -0.2) is 4.98 Å². The summed E-state index contributed by atoms with van der Waals surface area (Å²) in [6.45, 7) is 0. The number of nitrogens with two attached hydrogens (primary N) is 1. The first-order chi connectivity index (χ1) is 9.04. The molecule has 0 saturated carbocycles. The van der Waals surface area contributed by atoms with Crippen LogP contribution in [0.4, 0.5) is 5.95 Å². The standard InChI is InChI=1S/C13H8Cl3N3/c14-7-1-2-11-12(6-7)19(13(17)18-11)10-4-8(15)3-9(16)5-10/h1-6H,(H2,17,18). The zero-order chi connectivity index (χ0) is 13.6. The van der Waals surface area contributed by atoms with Crippen molar-refractivity contribution in [3.8, 4) is 5.69 Å². The van der Waals surface area contributed by atoms with Crippen LogP contribution < -0.4 is 5.73 Å². The molecule has 0 bridgehead atoms. The highest BCUT2D eigenvalue weighted by molar-refractivity contribution is 6.35. The van der Waals surface area contributed by atoms with Crippen molar-refractivity contribution >= 4 is 51.8 Å². The molecule has 0 fully saturated rings. The van der Waals surface area contributed by atoms with Crippen molar-refractivity contribution in [2.75, 3.05) is 5.73 Å². The van der Waals surface area contributed by atoms with E-state index < -0.39 is 0 Å². The van der Waals surface area contributed by atoms with Crippen molar-refractivity contribution in [2.45, 2.75) is 0 Å². The summed E-state index contributed by atoms with van der Waals surface area (Å²) < 4.78 is 1.76. The van der Waals surface area contributed by atoms with Crippen LogP contribution in [0, 0.1) is 0 Å². The van der Waals surface area contributed by atoms with E-state index in [-0.39, 0.29) is 0 Å². The number of rotatable bonds is 1. The van der Waals surface area contributed by atoms with Gasteiger partial charge in [0.1, 0.15) is 0 Å². The molecule has 3 nitrogen and oxygen atoms in total. The summed E-state index contributed by atoms with van der Waals surface area (Å²) in [5.74, 6) is 0.357. The van der Waals surface area contributed by atoms with Crippen LogP contribution in [-0.4, -0.2) is 9.55 Å². The van der Waals surface area contributed by atoms with Crippen LogP contribution in [0.1, 0.15) is 0 Å². The third-order valence-corrected chi connectivity index (χ3v) is 3.42. The number of fused-ring (bicyclic) bond motifs is 1. The molecule has 3 rings (SSSR count). The number of aromatic nitrogens is 2. The first-order valence-electron chi connectivity index (χ1n) is 5.44. The zero-order valence-corrected chi connectivity index (χ0v) is 11.8. The van der Waals surface area contributed by atoms with Crippen LogP contribution in [-0.2, 0) is 0 Å². The molecule has 0 spiro atoms. The minimum atomic E-state index is 0.357. The molecule has 3 aromatic rings. The van der Waals surface area contributed by atoms with Crippen LogP contribution in [0.3, 0.4) is 0 Å². The Balaban J connectivity index is 2.35. The molecule has 1 aromatic heterocycles. The van der Waals surface area contributed by atoms with Crippen molar-refractivity contribution in [2.24, 2.45) is 0 Å². The quantitative estimate of drug-likeness (QED) is 0.715. The fourth-order valence-electron chi connectivity index (χ4n) is 2.01. The summed E-state index contributed by atoms with van der Waals surface area (Å²) in [7, 11) is 0. The van der Waals surface area contributed by atoms with Gasteiger partial charge < -0.3 is 5.73 Å². The van der Waals surface area contributed by atoms with Crippen molar-refractivity contribution in [1.82, 2.24) is 9.55 Å². The number of benzene rings is 2. The van der Waals surface area contributed by atoms with Gasteiger partial charge in [0, 0.05) is 15.1 Å². The van der Waals surface area contributed by atoms with E-state index in [1.807, 2.05) is 6.07 Å². The maximum atomic E-state index is 6.02. The predicted molar refractivity (Wildman–Crippen MR) is 80.5 cm³/mol. The third kappa shape index (κ3) is 2.25. The van der Waals surface area contributed by atoms with E-state index in [1.165, 1.54) is 0 Å². The monoisotopic (exact) mass is 311 g/mol. The molecule has 0 aliphatic heterocycles. The number of halogens is 3. The Morgan fingerprint density at radius 2 is 1.58 bits per heavy atom. The number of nitrogens with zero attached hydrogens (tertiary/aromatic N) is 2. The van der Waals surface area contributed by atoms with Gasteiger partial charge in [-0.2, -0.15) is 0 Å². The van der Waals surface area contributed by atoms with E-state index in [2.05, 4.69) is 4.98 Å². The molecule has 0 saturated heterocycles. The molecule has 2 aromatic carbocycles. The van der Waals surface area contributed by atoms with E-state index in [4.69, 9.17) is 40.5 Å². The molecule has 1 heterocycles. The van der Waals surface area contributed by atoms with Crippen molar-refractivity contribution in [3.05, 3.63) is 51.5 Å². The minimum absolute atomic E-state index is 0.357. The lowest BCUT2D eigenvalue weighted by Crippen LogP contribution is -2.00. The van der Waals surface area contributed by atoms with Gasteiger partial charge in [0.25, 0.3) is 0 Å². The summed E-state index contributed by atoms with van der Waals surface area (Å²) in [4.78, 5) is 4.29. The molecule has 0 radical (unpaired) electrons. The Kier molecular flexibility index (Phi) is 3.05. The van der Waals surface area contributed by atoms with Gasteiger partial charge in [-0.15, -0.1) is 0 Å². The Morgan fingerprint density at radius 1 is 0.895 bits per heavy atom. The fourth-order valence-corrected chi connectivity index (χ4v) is 2.69. The molecule has 0 amide bonds. The highest BCUT2D eigenvalue weighted by atomic mass is 35.5. The first-order valence-corrected chi connectivity index (χ1v) is 6.58. The topological polar surface area (TPSA) is 43.8 Å². The van der Waals surface area contributed by atoms with E-state index in [0.29, 0.717) is 21.0 Å². The van der Waals surface area contributed by atoms with Gasteiger partial charge in [0.2, 0.25) is 5.95 Å². The van der Waals surface area contributed by atoms with Gasteiger partial charge >= 0.3 is 0 Å². The van der Waals surface area contributed by atoms with Crippen LogP contribution >= 0.6 is 34.8 Å². The van der Waals surface area contributed by atoms with Crippen LogP contribution in [0.15, 0.2) is 36.4 Å². The Morgan fingerprint density at radius 3 is 2.26 bits per heavy atom. The minimum Gasteiger partial charge on any atom is -0.369 e. The summed E-state index contributed by atoms with van der Waals surface area (Å²) in [5, 5.41) is 1.68.